The third-order valence-corrected chi connectivity index (χ3v) is 4.87. The number of nitrogens with one attached hydrogen (secondary N) is 1. The van der Waals surface area contributed by atoms with E-state index in [-0.39, 0.29) is 0 Å². The smallest absolute Gasteiger partial charge is 0.411 e. The summed E-state index contributed by atoms with van der Waals surface area (Å²) < 4.78 is 6.07. The van der Waals surface area contributed by atoms with E-state index in [1.54, 1.807) is 23.5 Å². The molecule has 0 aliphatic rings. The van der Waals surface area contributed by atoms with E-state index < -0.39 is 6.09 Å². The minimum atomic E-state index is -0.544. The number of amides is 1. The van der Waals surface area contributed by atoms with Crippen molar-refractivity contribution in [3.8, 4) is 6.07 Å². The normalized spacial score (nSPS) is 10.1. The van der Waals surface area contributed by atoms with E-state index in [9.17, 15) is 10.1 Å². The molecule has 1 aromatic heterocycles. The molecule has 24 heavy (non-hydrogen) atoms. The summed E-state index contributed by atoms with van der Waals surface area (Å²) in [6, 6.07) is 11.6. The van der Waals surface area contributed by atoms with Gasteiger partial charge in [-0.05, 0) is 52.7 Å². The van der Waals surface area contributed by atoms with Crippen LogP contribution in [0.15, 0.2) is 34.1 Å². The highest BCUT2D eigenvalue weighted by molar-refractivity contribution is 9.11. The lowest BCUT2D eigenvalue weighted by Gasteiger charge is -2.19. The minimum Gasteiger partial charge on any atom is -0.449 e. The van der Waals surface area contributed by atoms with Crippen molar-refractivity contribution in [2.75, 3.05) is 23.9 Å². The molecule has 0 aliphatic heterocycles. The summed E-state index contributed by atoms with van der Waals surface area (Å²) in [5.74, 6) is 0. The zero-order valence-corrected chi connectivity index (χ0v) is 15.9. The fourth-order valence-electron chi connectivity index (χ4n) is 2.07. The molecule has 0 spiro atoms. The van der Waals surface area contributed by atoms with Crippen molar-refractivity contribution in [3.05, 3.63) is 44.6 Å². The fourth-order valence-corrected chi connectivity index (χ4v) is 3.61. The molecule has 0 bridgehead atoms. The van der Waals surface area contributed by atoms with Crippen LogP contribution in [0.5, 0.6) is 0 Å². The standard InChI is InChI=1S/C17H18BrN3O2S/c1-3-8-23-17(22)20-15-6-4-13(9-12(15)10-19)21(2)11-14-5-7-16(18)24-14/h4-7,9H,3,8,11H2,1-2H3,(H,20,22). The van der Waals surface area contributed by atoms with Crippen LogP contribution in [-0.4, -0.2) is 19.7 Å². The lowest BCUT2D eigenvalue weighted by atomic mass is 10.1. The van der Waals surface area contributed by atoms with Crippen LogP contribution in [0.1, 0.15) is 23.8 Å². The van der Waals surface area contributed by atoms with Gasteiger partial charge in [-0.2, -0.15) is 5.26 Å². The van der Waals surface area contributed by atoms with E-state index in [0.717, 1.165) is 22.4 Å². The molecular weight excluding hydrogens is 390 g/mol. The maximum Gasteiger partial charge on any atom is 0.411 e. The van der Waals surface area contributed by atoms with E-state index in [0.29, 0.717) is 17.9 Å². The molecular formula is C17H18BrN3O2S. The molecule has 5 nitrogen and oxygen atoms in total. The predicted octanol–water partition coefficient (Wildman–Crippen LogP) is 4.98. The Bertz CT molecular complexity index is 755. The van der Waals surface area contributed by atoms with Crippen molar-refractivity contribution in [3.63, 3.8) is 0 Å². The molecule has 1 amide bonds. The van der Waals surface area contributed by atoms with Crippen LogP contribution in [0.25, 0.3) is 0 Å². The average molecular weight is 408 g/mol. The van der Waals surface area contributed by atoms with Gasteiger partial charge in [-0.3, -0.25) is 5.32 Å². The van der Waals surface area contributed by atoms with Crippen LogP contribution in [0.4, 0.5) is 16.2 Å². The van der Waals surface area contributed by atoms with Gasteiger partial charge in [0.2, 0.25) is 0 Å². The van der Waals surface area contributed by atoms with Gasteiger partial charge in [-0.15, -0.1) is 11.3 Å². The van der Waals surface area contributed by atoms with Gasteiger partial charge in [0.05, 0.1) is 28.2 Å². The van der Waals surface area contributed by atoms with E-state index in [1.165, 1.54) is 4.88 Å². The maximum absolute atomic E-state index is 11.6. The predicted molar refractivity (Wildman–Crippen MR) is 101 cm³/mol. The molecule has 0 radical (unpaired) electrons. The van der Waals surface area contributed by atoms with Crippen molar-refractivity contribution in [1.82, 2.24) is 0 Å². The molecule has 0 aliphatic carbocycles. The Morgan fingerprint density at radius 3 is 2.83 bits per heavy atom. The monoisotopic (exact) mass is 407 g/mol. The number of carbonyl (C=O) groups excluding carboxylic acids is 1. The zero-order chi connectivity index (χ0) is 17.5. The van der Waals surface area contributed by atoms with Crippen LogP contribution in [0.2, 0.25) is 0 Å². The highest BCUT2D eigenvalue weighted by Gasteiger charge is 2.11. The van der Waals surface area contributed by atoms with Gasteiger partial charge in [-0.1, -0.05) is 6.92 Å². The van der Waals surface area contributed by atoms with Crippen molar-refractivity contribution in [2.24, 2.45) is 0 Å². The third kappa shape index (κ3) is 4.98. The molecule has 2 rings (SSSR count). The number of nitriles is 1. The summed E-state index contributed by atoms with van der Waals surface area (Å²) >= 11 is 5.13. The summed E-state index contributed by atoms with van der Waals surface area (Å²) in [6.07, 6.45) is 0.207. The van der Waals surface area contributed by atoms with E-state index in [4.69, 9.17) is 4.74 Å². The quantitative estimate of drug-likeness (QED) is 0.733. The first kappa shape index (κ1) is 18.3. The van der Waals surface area contributed by atoms with Gasteiger partial charge in [0.25, 0.3) is 0 Å². The molecule has 1 aromatic carbocycles. The van der Waals surface area contributed by atoms with Crippen LogP contribution in [0.3, 0.4) is 0 Å². The van der Waals surface area contributed by atoms with Crippen LogP contribution in [-0.2, 0) is 11.3 Å². The molecule has 7 heteroatoms. The second kappa shape index (κ2) is 8.71. The number of ether oxygens (including phenoxy) is 1. The largest absolute Gasteiger partial charge is 0.449 e. The molecule has 1 heterocycles. The Morgan fingerprint density at radius 1 is 1.42 bits per heavy atom. The summed E-state index contributed by atoms with van der Waals surface area (Å²) in [5, 5.41) is 12.0. The summed E-state index contributed by atoms with van der Waals surface area (Å²) in [4.78, 5) is 14.9. The van der Waals surface area contributed by atoms with E-state index in [2.05, 4.69) is 38.3 Å². The molecule has 0 saturated heterocycles. The van der Waals surface area contributed by atoms with Gasteiger partial charge in [0.15, 0.2) is 0 Å². The van der Waals surface area contributed by atoms with Gasteiger partial charge >= 0.3 is 6.09 Å². The highest BCUT2D eigenvalue weighted by Crippen LogP contribution is 2.27. The third-order valence-electron chi connectivity index (χ3n) is 3.26. The molecule has 2 aromatic rings. The van der Waals surface area contributed by atoms with E-state index >= 15 is 0 Å². The number of hydrogen-bond donors (Lipinski definition) is 1. The first-order valence-corrected chi connectivity index (χ1v) is 9.07. The number of hydrogen-bond acceptors (Lipinski definition) is 5. The van der Waals surface area contributed by atoms with Gasteiger partial charge in [0, 0.05) is 17.6 Å². The lowest BCUT2D eigenvalue weighted by molar-refractivity contribution is 0.161. The first-order valence-electron chi connectivity index (χ1n) is 7.46. The Balaban J connectivity index is 2.10. The Hall–Kier alpha value is -2.04. The number of halogens is 1. The Kier molecular flexibility index (Phi) is 6.64. The highest BCUT2D eigenvalue weighted by atomic mass is 79.9. The number of benzene rings is 1. The average Bonchev–Trinajstić information content (AvgIpc) is 2.98. The second-order valence-electron chi connectivity index (χ2n) is 5.16. The molecule has 0 unspecified atom stereocenters. The summed E-state index contributed by atoms with van der Waals surface area (Å²) in [6.45, 7) is 3.02. The zero-order valence-electron chi connectivity index (χ0n) is 13.5. The van der Waals surface area contributed by atoms with E-state index in [1.807, 2.05) is 26.1 Å². The lowest BCUT2D eigenvalue weighted by Crippen LogP contribution is -2.17. The van der Waals surface area contributed by atoms with Crippen molar-refractivity contribution in [2.45, 2.75) is 19.9 Å². The van der Waals surface area contributed by atoms with Crippen molar-refractivity contribution < 1.29 is 9.53 Å². The van der Waals surface area contributed by atoms with Gasteiger partial charge in [0.1, 0.15) is 6.07 Å². The number of carbonyl (C=O) groups is 1. The van der Waals surface area contributed by atoms with Crippen LogP contribution < -0.4 is 10.2 Å². The molecule has 0 fully saturated rings. The Morgan fingerprint density at radius 2 is 2.21 bits per heavy atom. The SMILES string of the molecule is CCCOC(=O)Nc1ccc(N(C)Cc2ccc(Br)s2)cc1C#N. The van der Waals surface area contributed by atoms with Crippen molar-refractivity contribution in [1.29, 1.82) is 5.26 Å². The van der Waals surface area contributed by atoms with Gasteiger partial charge in [-0.25, -0.2) is 4.79 Å². The molecule has 1 N–H and O–H groups in total. The number of nitrogens with zero attached hydrogens (tertiary/aromatic N) is 2. The summed E-state index contributed by atoms with van der Waals surface area (Å²) in [7, 11) is 1.97. The second-order valence-corrected chi connectivity index (χ2v) is 7.71. The van der Waals surface area contributed by atoms with Gasteiger partial charge < -0.3 is 9.64 Å². The van der Waals surface area contributed by atoms with Crippen LogP contribution in [0, 0.1) is 11.3 Å². The van der Waals surface area contributed by atoms with Crippen molar-refractivity contribution >= 4 is 44.7 Å². The minimum absolute atomic E-state index is 0.352. The number of anilines is 2. The number of thiophene rings is 1. The summed E-state index contributed by atoms with van der Waals surface area (Å²) in [5.41, 5.74) is 1.76. The molecule has 126 valence electrons. The topological polar surface area (TPSA) is 65.4 Å². The Labute approximate surface area is 154 Å². The maximum atomic E-state index is 11.6. The number of rotatable bonds is 6. The van der Waals surface area contributed by atoms with Crippen LogP contribution >= 0.6 is 27.3 Å². The first-order chi connectivity index (χ1) is 11.5. The molecule has 0 atom stereocenters. The molecule has 0 saturated carbocycles. The fraction of sp³-hybridized carbons (Fsp3) is 0.294.